The van der Waals surface area contributed by atoms with Gasteiger partial charge in [0.15, 0.2) is 11.2 Å². The van der Waals surface area contributed by atoms with E-state index in [4.69, 9.17) is 5.11 Å². The maximum absolute atomic E-state index is 12.2. The van der Waals surface area contributed by atoms with Crippen LogP contribution in [0.3, 0.4) is 0 Å². The van der Waals surface area contributed by atoms with Gasteiger partial charge in [0, 0.05) is 18.8 Å². The van der Waals surface area contributed by atoms with Crippen LogP contribution in [0.1, 0.15) is 11.1 Å². The van der Waals surface area contributed by atoms with Gasteiger partial charge in [0.2, 0.25) is 5.95 Å². The van der Waals surface area contributed by atoms with Gasteiger partial charge in [-0.05, 0) is 41.8 Å². The van der Waals surface area contributed by atoms with Gasteiger partial charge in [0.05, 0.1) is 18.4 Å². The maximum atomic E-state index is 12.2. The maximum Gasteiger partial charge on any atom is 0.401 e. The molecule has 2 aromatic heterocycles. The molecule has 4 rings (SSSR count). The number of aliphatic hydroxyl groups excluding tert-OH is 1. The summed E-state index contributed by atoms with van der Waals surface area (Å²) >= 11 is 0. The second-order valence-electron chi connectivity index (χ2n) is 7.09. The second kappa shape index (κ2) is 9.28. The number of aliphatic hydroxyl groups is 1. The van der Waals surface area contributed by atoms with Crippen LogP contribution in [0.2, 0.25) is 0 Å². The third kappa shape index (κ3) is 5.37. The number of benzene rings is 2. The summed E-state index contributed by atoms with van der Waals surface area (Å²) in [5.74, 6) is 0.329. The summed E-state index contributed by atoms with van der Waals surface area (Å²) in [6.45, 7) is -0.872. The smallest absolute Gasteiger partial charge is 0.396 e. The summed E-state index contributed by atoms with van der Waals surface area (Å²) in [6.07, 6.45) is -2.15. The molecule has 0 saturated carbocycles. The Morgan fingerprint density at radius 3 is 2.59 bits per heavy atom. The molecule has 2 aromatic carbocycles. The monoisotopic (exact) mass is 443 g/mol. The highest BCUT2D eigenvalue weighted by atomic mass is 19.4. The van der Waals surface area contributed by atoms with E-state index >= 15 is 0 Å². The highest BCUT2D eigenvalue weighted by molar-refractivity contribution is 5.72. The zero-order valence-corrected chi connectivity index (χ0v) is 16.8. The van der Waals surface area contributed by atoms with E-state index in [9.17, 15) is 13.2 Å². The Hall–Kier alpha value is -3.57. The summed E-state index contributed by atoms with van der Waals surface area (Å²) < 4.78 is 38.3. The number of nitrogens with zero attached hydrogens (tertiary/aromatic N) is 5. The molecule has 0 unspecified atom stereocenters. The van der Waals surface area contributed by atoms with Crippen LogP contribution in [0.4, 0.5) is 24.8 Å². The van der Waals surface area contributed by atoms with Gasteiger partial charge < -0.3 is 15.7 Å². The first kappa shape index (κ1) is 21.7. The molecule has 0 saturated heterocycles. The number of hydrogen-bond acceptors (Lipinski definition) is 7. The molecule has 166 valence electrons. The number of nitrogens with one attached hydrogen (secondary N) is 2. The van der Waals surface area contributed by atoms with E-state index in [1.807, 2.05) is 24.3 Å². The van der Waals surface area contributed by atoms with Crippen molar-refractivity contribution in [2.45, 2.75) is 19.1 Å². The van der Waals surface area contributed by atoms with Gasteiger partial charge in [-0.25, -0.2) is 4.98 Å². The lowest BCUT2D eigenvalue weighted by Crippen LogP contribution is -2.28. The summed E-state index contributed by atoms with van der Waals surface area (Å²) in [5, 5.41) is 22.9. The minimum atomic E-state index is -4.24. The molecule has 0 aliphatic heterocycles. The first-order valence-electron chi connectivity index (χ1n) is 9.83. The Labute approximate surface area is 181 Å². The van der Waals surface area contributed by atoms with E-state index in [0.29, 0.717) is 29.2 Å². The van der Waals surface area contributed by atoms with Gasteiger partial charge in [-0.15, -0.1) is 5.10 Å². The number of alkyl halides is 3. The molecule has 0 amide bonds. The van der Waals surface area contributed by atoms with Crippen LogP contribution < -0.4 is 10.6 Å². The molecule has 0 bridgehead atoms. The molecular weight excluding hydrogens is 423 g/mol. The number of halogens is 3. The van der Waals surface area contributed by atoms with Crippen molar-refractivity contribution in [3.05, 3.63) is 65.9 Å². The predicted molar refractivity (Wildman–Crippen MR) is 113 cm³/mol. The minimum absolute atomic E-state index is 0.0506. The van der Waals surface area contributed by atoms with Crippen molar-refractivity contribution in [2.24, 2.45) is 0 Å². The van der Waals surface area contributed by atoms with E-state index in [1.54, 1.807) is 35.1 Å². The Morgan fingerprint density at radius 1 is 1.03 bits per heavy atom. The van der Waals surface area contributed by atoms with Gasteiger partial charge in [-0.3, -0.25) is 0 Å². The summed E-state index contributed by atoms with van der Waals surface area (Å²) in [4.78, 5) is 8.76. The highest BCUT2D eigenvalue weighted by Gasteiger charge is 2.26. The van der Waals surface area contributed by atoms with Crippen LogP contribution in [-0.4, -0.2) is 49.4 Å². The number of fused-ring (bicyclic) bond motifs is 1. The molecular formula is C21H20F3N7O. The van der Waals surface area contributed by atoms with Crippen molar-refractivity contribution >= 4 is 22.8 Å². The van der Waals surface area contributed by atoms with Crippen LogP contribution in [0.15, 0.2) is 54.7 Å². The van der Waals surface area contributed by atoms with Gasteiger partial charge in [0.25, 0.3) is 0 Å². The standard InChI is InChI=1S/C21H20F3N7O/c22-21(23,24)13-25-11-15-4-6-16(7-5-15)27-20-26-12-18-19(28-20)31(30-29-18)17-3-1-2-14(10-17)8-9-32/h1-7,10,12,25,32H,8-9,11,13H2,(H,26,27,28). The van der Waals surface area contributed by atoms with Gasteiger partial charge in [-0.1, -0.05) is 29.5 Å². The van der Waals surface area contributed by atoms with Gasteiger partial charge in [0.1, 0.15) is 0 Å². The van der Waals surface area contributed by atoms with Crippen LogP contribution in [0.5, 0.6) is 0 Å². The molecule has 32 heavy (non-hydrogen) atoms. The second-order valence-corrected chi connectivity index (χ2v) is 7.09. The minimum Gasteiger partial charge on any atom is -0.396 e. The van der Waals surface area contributed by atoms with Crippen molar-refractivity contribution in [1.29, 1.82) is 0 Å². The summed E-state index contributed by atoms with van der Waals surface area (Å²) in [5.41, 5.74) is 4.17. The third-order valence-electron chi connectivity index (χ3n) is 4.61. The third-order valence-corrected chi connectivity index (χ3v) is 4.61. The molecule has 0 aliphatic carbocycles. The molecule has 0 fully saturated rings. The molecule has 0 atom stereocenters. The van der Waals surface area contributed by atoms with E-state index in [0.717, 1.165) is 16.8 Å². The molecule has 3 N–H and O–H groups in total. The molecule has 4 aromatic rings. The zero-order chi connectivity index (χ0) is 22.6. The van der Waals surface area contributed by atoms with Gasteiger partial charge >= 0.3 is 6.18 Å². The number of aromatic nitrogens is 5. The van der Waals surface area contributed by atoms with Crippen LogP contribution in [0.25, 0.3) is 16.9 Å². The number of hydrogen-bond donors (Lipinski definition) is 3. The fraction of sp³-hybridized carbons (Fsp3) is 0.238. The van der Waals surface area contributed by atoms with Crippen molar-refractivity contribution in [3.8, 4) is 5.69 Å². The Balaban J connectivity index is 1.50. The van der Waals surface area contributed by atoms with E-state index in [1.165, 1.54) is 0 Å². The first-order chi connectivity index (χ1) is 15.4. The van der Waals surface area contributed by atoms with E-state index in [2.05, 4.69) is 30.9 Å². The lowest BCUT2D eigenvalue weighted by Gasteiger charge is -2.09. The molecule has 0 spiro atoms. The van der Waals surface area contributed by atoms with Gasteiger partial charge in [-0.2, -0.15) is 22.8 Å². The average molecular weight is 443 g/mol. The Bertz CT molecular complexity index is 1190. The SMILES string of the molecule is OCCc1cccc(-n2nnc3cnc(Nc4ccc(CNCC(F)(F)F)cc4)nc32)c1. The van der Waals surface area contributed by atoms with Crippen LogP contribution in [0, 0.1) is 0 Å². The highest BCUT2D eigenvalue weighted by Crippen LogP contribution is 2.19. The summed E-state index contributed by atoms with van der Waals surface area (Å²) in [7, 11) is 0. The topological polar surface area (TPSA) is 101 Å². The van der Waals surface area contributed by atoms with Crippen molar-refractivity contribution in [2.75, 3.05) is 18.5 Å². The predicted octanol–water partition coefficient (Wildman–Crippen LogP) is 3.14. The first-order valence-corrected chi connectivity index (χ1v) is 9.83. The molecule has 11 heteroatoms. The van der Waals surface area contributed by atoms with Crippen molar-refractivity contribution in [1.82, 2.24) is 30.3 Å². The molecule has 0 radical (unpaired) electrons. The molecule has 2 heterocycles. The quantitative estimate of drug-likeness (QED) is 0.385. The van der Waals surface area contributed by atoms with E-state index in [-0.39, 0.29) is 13.2 Å². The van der Waals surface area contributed by atoms with Crippen LogP contribution in [-0.2, 0) is 13.0 Å². The van der Waals surface area contributed by atoms with Crippen LogP contribution >= 0.6 is 0 Å². The lowest BCUT2D eigenvalue weighted by molar-refractivity contribution is -0.125. The summed E-state index contributed by atoms with van der Waals surface area (Å²) in [6, 6.07) is 14.5. The number of anilines is 2. The zero-order valence-electron chi connectivity index (χ0n) is 16.8. The van der Waals surface area contributed by atoms with E-state index < -0.39 is 12.7 Å². The largest absolute Gasteiger partial charge is 0.401 e. The fourth-order valence-corrected chi connectivity index (χ4v) is 3.12. The van der Waals surface area contributed by atoms with Crippen molar-refractivity contribution < 1.29 is 18.3 Å². The van der Waals surface area contributed by atoms with Crippen molar-refractivity contribution in [3.63, 3.8) is 0 Å². The lowest BCUT2D eigenvalue weighted by atomic mass is 10.1. The molecule has 8 nitrogen and oxygen atoms in total. The fourth-order valence-electron chi connectivity index (χ4n) is 3.12. The normalized spacial score (nSPS) is 11.8. The number of rotatable bonds is 8. The Morgan fingerprint density at radius 2 is 1.84 bits per heavy atom. The average Bonchev–Trinajstić information content (AvgIpc) is 3.18. The Kier molecular flexibility index (Phi) is 6.28. The molecule has 0 aliphatic rings.